The summed E-state index contributed by atoms with van der Waals surface area (Å²) in [4.78, 5) is 29.1. The van der Waals surface area contributed by atoms with Gasteiger partial charge in [0.05, 0.1) is 29.4 Å². The van der Waals surface area contributed by atoms with E-state index in [1.54, 1.807) is 13.8 Å². The van der Waals surface area contributed by atoms with E-state index in [0.29, 0.717) is 42.7 Å². The van der Waals surface area contributed by atoms with Crippen LogP contribution in [0.2, 0.25) is 18.1 Å². The lowest BCUT2D eigenvalue weighted by atomic mass is 9.32. The average Bonchev–Trinajstić information content (AvgIpc) is 3.52. The molecule has 0 amide bonds. The molecule has 0 aromatic carbocycles. The monoisotopic (exact) mass is 931 g/mol. The van der Waals surface area contributed by atoms with Crippen LogP contribution in [0.15, 0.2) is 12.2 Å². The standard InChI is InChI=1S/C53H94N2O7SSi/c1-35(2)37-21-26-53(54-34-39(55-29-31-63(58,59)32-30-55)36(3)62-64(17,18)47(7,8)9)28-27-51(15)38(44(37)53)19-20-41-50(14)24-23-42(49(12,13)40(50)22-25-52(41,51)16)60-43(56)33-48(10,11)45(57)61-46(4,5)6/h36-42,44,54H,1,19-34H2,2-18H3/t36?,37-,38+,39?,40-,41+,42-,44+,50-,51+,52+,53-/m0/s1. The minimum absolute atomic E-state index is 0.00648. The number of carbonyl (C=O) groups excluding carboxylic acids is 2. The molecule has 2 unspecified atom stereocenters. The zero-order chi connectivity index (χ0) is 48.1. The Balaban J connectivity index is 1.23. The number of nitrogens with one attached hydrogen (secondary N) is 1. The van der Waals surface area contributed by atoms with Gasteiger partial charge in [-0.05, 0) is 177 Å². The molecule has 368 valence electrons. The van der Waals surface area contributed by atoms with Crippen molar-refractivity contribution in [2.45, 2.75) is 222 Å². The third-order valence-corrected chi connectivity index (χ3v) is 26.3. The number of rotatable bonds is 12. The fourth-order valence-corrected chi connectivity index (χ4v) is 18.0. The van der Waals surface area contributed by atoms with Crippen LogP contribution < -0.4 is 5.32 Å². The second-order valence-corrected chi connectivity index (χ2v) is 34.0. The molecule has 6 rings (SSSR count). The maximum atomic E-state index is 13.6. The van der Waals surface area contributed by atoms with Gasteiger partial charge in [-0.3, -0.25) is 14.5 Å². The van der Waals surface area contributed by atoms with E-state index in [0.717, 1.165) is 38.6 Å². The molecule has 6 fully saturated rings. The number of esters is 2. The van der Waals surface area contributed by atoms with Crippen LogP contribution >= 0.6 is 0 Å². The van der Waals surface area contributed by atoms with Gasteiger partial charge in [-0.25, -0.2) is 8.42 Å². The summed E-state index contributed by atoms with van der Waals surface area (Å²) >= 11 is 0. The molecule has 1 heterocycles. The molecule has 1 saturated heterocycles. The van der Waals surface area contributed by atoms with Crippen LogP contribution in [0.1, 0.15) is 174 Å². The predicted molar refractivity (Wildman–Crippen MR) is 263 cm³/mol. The maximum Gasteiger partial charge on any atom is 0.312 e. The number of carbonyl (C=O) groups is 2. The van der Waals surface area contributed by atoms with Crippen LogP contribution in [-0.2, 0) is 33.3 Å². The lowest BCUT2D eigenvalue weighted by Crippen LogP contribution is -2.69. The van der Waals surface area contributed by atoms with Gasteiger partial charge >= 0.3 is 11.9 Å². The topological polar surface area (TPSA) is 111 Å². The number of allylic oxidation sites excluding steroid dienone is 1. The van der Waals surface area contributed by atoms with Gasteiger partial charge < -0.3 is 19.2 Å². The van der Waals surface area contributed by atoms with E-state index in [4.69, 9.17) is 13.9 Å². The van der Waals surface area contributed by atoms with E-state index >= 15 is 0 Å². The van der Waals surface area contributed by atoms with E-state index in [1.165, 1.54) is 37.7 Å². The summed E-state index contributed by atoms with van der Waals surface area (Å²) in [6.45, 7) is 44.6. The first-order valence-corrected chi connectivity index (χ1v) is 30.2. The zero-order valence-corrected chi connectivity index (χ0v) is 45.7. The van der Waals surface area contributed by atoms with Crippen molar-refractivity contribution in [1.29, 1.82) is 0 Å². The van der Waals surface area contributed by atoms with Gasteiger partial charge in [-0.15, -0.1) is 0 Å². The van der Waals surface area contributed by atoms with Crippen molar-refractivity contribution in [1.82, 2.24) is 10.2 Å². The minimum Gasteiger partial charge on any atom is -0.462 e. The van der Waals surface area contributed by atoms with E-state index in [9.17, 15) is 18.0 Å². The summed E-state index contributed by atoms with van der Waals surface area (Å²) in [5, 5.41) is 4.47. The van der Waals surface area contributed by atoms with Crippen molar-refractivity contribution < 1.29 is 31.9 Å². The molecule has 9 nitrogen and oxygen atoms in total. The number of nitrogens with zero attached hydrogens (tertiary/aromatic N) is 1. The van der Waals surface area contributed by atoms with Crippen molar-refractivity contribution in [3.63, 3.8) is 0 Å². The van der Waals surface area contributed by atoms with Crippen LogP contribution in [0.5, 0.6) is 0 Å². The molecule has 0 aromatic rings. The summed E-state index contributed by atoms with van der Waals surface area (Å²) in [5.74, 6) is 2.35. The summed E-state index contributed by atoms with van der Waals surface area (Å²) in [5.41, 5.74) is 0.0557. The van der Waals surface area contributed by atoms with E-state index < -0.39 is 29.2 Å². The fourth-order valence-electron chi connectivity index (χ4n) is 15.4. The molecule has 0 bridgehead atoms. The Labute approximate surface area is 392 Å². The molecular formula is C53H94N2O7SSi. The largest absolute Gasteiger partial charge is 0.462 e. The van der Waals surface area contributed by atoms with Gasteiger partial charge in [0.1, 0.15) is 11.7 Å². The molecule has 0 aromatic heterocycles. The average molecular weight is 931 g/mol. The highest BCUT2D eigenvalue weighted by atomic mass is 32.2. The summed E-state index contributed by atoms with van der Waals surface area (Å²) in [7, 11) is -5.10. The first kappa shape index (κ1) is 52.1. The van der Waals surface area contributed by atoms with Crippen molar-refractivity contribution in [3.8, 4) is 0 Å². The highest BCUT2D eigenvalue weighted by molar-refractivity contribution is 7.91. The van der Waals surface area contributed by atoms with E-state index in [2.05, 4.69) is 99.1 Å². The molecule has 0 radical (unpaired) electrons. The Morgan fingerprint density at radius 1 is 0.828 bits per heavy atom. The van der Waals surface area contributed by atoms with Crippen LogP contribution in [0.4, 0.5) is 0 Å². The molecule has 5 saturated carbocycles. The third kappa shape index (κ3) is 9.41. The fraction of sp³-hybridized carbons (Fsp3) is 0.925. The van der Waals surface area contributed by atoms with Gasteiger partial charge in [-0.1, -0.05) is 67.5 Å². The normalized spacial score (nSPS) is 38.7. The first-order chi connectivity index (χ1) is 29.1. The molecule has 64 heavy (non-hydrogen) atoms. The minimum atomic E-state index is -3.01. The highest BCUT2D eigenvalue weighted by Crippen LogP contribution is 2.76. The van der Waals surface area contributed by atoms with Gasteiger partial charge in [0.15, 0.2) is 18.2 Å². The van der Waals surface area contributed by atoms with Gasteiger partial charge in [-0.2, -0.15) is 0 Å². The predicted octanol–water partition coefficient (Wildman–Crippen LogP) is 11.2. The van der Waals surface area contributed by atoms with E-state index in [1.807, 2.05) is 20.8 Å². The van der Waals surface area contributed by atoms with Gasteiger partial charge in [0.25, 0.3) is 0 Å². The van der Waals surface area contributed by atoms with Crippen LogP contribution in [-0.4, -0.2) is 94.1 Å². The third-order valence-electron chi connectivity index (χ3n) is 20.2. The molecule has 11 heteroatoms. The molecular weight excluding hydrogens is 837 g/mol. The van der Waals surface area contributed by atoms with Crippen LogP contribution in [0.3, 0.4) is 0 Å². The number of fused-ring (bicyclic) bond motifs is 7. The Kier molecular flexibility index (Phi) is 14.1. The van der Waals surface area contributed by atoms with Crippen molar-refractivity contribution in [3.05, 3.63) is 12.2 Å². The Morgan fingerprint density at radius 2 is 1.45 bits per heavy atom. The molecule has 0 spiro atoms. The number of hydrogen-bond acceptors (Lipinski definition) is 9. The molecule has 12 atom stereocenters. The quantitative estimate of drug-likeness (QED) is 0.116. The SMILES string of the molecule is C=C(C)[C@@H]1CC[C@]2(NCC(C(C)O[Si](C)(C)C(C)(C)C)N3CCS(=O)(=O)CC3)CC[C@]3(C)[C@H](CC[C@@H]4[C@@]5(C)CC[C@H](OC(=O)CC(C)(C)C(=O)OC(C)(C)C)C(C)(C)[C@@H]5CC[C@]43C)[C@@H]12. The Hall–Kier alpha value is -1.27. The molecule has 1 aliphatic heterocycles. The number of ether oxygens (including phenoxy) is 2. The van der Waals surface area contributed by atoms with Gasteiger partial charge in [0, 0.05) is 36.6 Å². The summed E-state index contributed by atoms with van der Waals surface area (Å²) in [6, 6.07) is 0.0922. The Morgan fingerprint density at radius 3 is 2.03 bits per heavy atom. The number of sulfone groups is 1. The lowest BCUT2D eigenvalue weighted by molar-refractivity contribution is -0.246. The lowest BCUT2D eigenvalue weighted by Gasteiger charge is -2.73. The van der Waals surface area contributed by atoms with Gasteiger partial charge in [0.2, 0.25) is 0 Å². The highest BCUT2D eigenvalue weighted by Gasteiger charge is 2.71. The van der Waals surface area contributed by atoms with Crippen LogP contribution in [0.25, 0.3) is 0 Å². The van der Waals surface area contributed by atoms with Crippen molar-refractivity contribution >= 4 is 30.1 Å². The molecule has 6 aliphatic rings. The second-order valence-electron chi connectivity index (χ2n) is 27.0. The van der Waals surface area contributed by atoms with Crippen LogP contribution in [0, 0.1) is 56.7 Å². The first-order valence-electron chi connectivity index (χ1n) is 25.5. The number of hydrogen-bond donors (Lipinski definition) is 1. The maximum absolute atomic E-state index is 13.6. The Bertz CT molecular complexity index is 1870. The smallest absolute Gasteiger partial charge is 0.312 e. The summed E-state index contributed by atoms with van der Waals surface area (Å²) in [6.07, 6.45) is 11.2. The second kappa shape index (κ2) is 17.3. The van der Waals surface area contributed by atoms with E-state index in [-0.39, 0.29) is 80.4 Å². The van der Waals surface area contributed by atoms with Crippen molar-refractivity contribution in [2.24, 2.45) is 56.7 Å². The van der Waals surface area contributed by atoms with Crippen molar-refractivity contribution in [2.75, 3.05) is 31.1 Å². The molecule has 1 N–H and O–H groups in total. The summed E-state index contributed by atoms with van der Waals surface area (Å²) < 4.78 is 44.6. The molecule has 5 aliphatic carbocycles. The zero-order valence-electron chi connectivity index (χ0n) is 43.9.